The maximum atomic E-state index is 11.5. The number of amides is 2. The van der Waals surface area contributed by atoms with E-state index in [0.29, 0.717) is 11.6 Å². The average molecular weight is 283 g/mol. The van der Waals surface area contributed by atoms with E-state index in [9.17, 15) is 9.59 Å². The topological polar surface area (TPSA) is 93.5 Å². The first-order valence-electron chi connectivity index (χ1n) is 6.40. The molecule has 0 fully saturated rings. The predicted octanol–water partition coefficient (Wildman–Crippen LogP) is 2.05. The van der Waals surface area contributed by atoms with Crippen LogP contribution in [0.25, 0.3) is 0 Å². The van der Waals surface area contributed by atoms with Crippen molar-refractivity contribution in [1.29, 1.82) is 0 Å². The molecule has 7 nitrogen and oxygen atoms in total. The van der Waals surface area contributed by atoms with Gasteiger partial charge in [-0.2, -0.15) is 0 Å². The minimum Gasteiger partial charge on any atom is -0.462 e. The molecule has 1 heterocycles. The fourth-order valence-corrected chi connectivity index (χ4v) is 1.31. The van der Waals surface area contributed by atoms with E-state index in [4.69, 9.17) is 9.26 Å². The van der Waals surface area contributed by atoms with Gasteiger partial charge in [-0.1, -0.05) is 25.9 Å². The number of hydrogen-bond acceptors (Lipinski definition) is 5. The molecule has 0 aliphatic carbocycles. The normalized spacial score (nSPS) is 11.3. The standard InChI is InChI=1S/C13H21N3O4/c1-8(2)19-11(17)7-14-12(18)15-10-6-9(20-16-10)13(3,4)5/h6,8H,7H2,1-5H3,(H2,14,15,16,18). The van der Waals surface area contributed by atoms with Crippen LogP contribution >= 0.6 is 0 Å². The predicted molar refractivity (Wildman–Crippen MR) is 73.5 cm³/mol. The zero-order valence-corrected chi connectivity index (χ0v) is 12.4. The summed E-state index contributed by atoms with van der Waals surface area (Å²) in [6.07, 6.45) is -0.211. The van der Waals surface area contributed by atoms with E-state index in [2.05, 4.69) is 15.8 Å². The maximum Gasteiger partial charge on any atom is 0.325 e. The smallest absolute Gasteiger partial charge is 0.325 e. The number of nitrogens with zero attached hydrogens (tertiary/aromatic N) is 1. The largest absolute Gasteiger partial charge is 0.462 e. The Labute approximate surface area is 118 Å². The Balaban J connectivity index is 2.43. The molecule has 1 aromatic rings. The number of ether oxygens (including phenoxy) is 1. The molecule has 0 saturated carbocycles. The third kappa shape index (κ3) is 5.29. The van der Waals surface area contributed by atoms with Gasteiger partial charge in [-0.25, -0.2) is 4.79 Å². The molecule has 0 radical (unpaired) electrons. The maximum absolute atomic E-state index is 11.5. The van der Waals surface area contributed by atoms with Gasteiger partial charge in [0.15, 0.2) is 5.82 Å². The molecule has 112 valence electrons. The van der Waals surface area contributed by atoms with Crippen molar-refractivity contribution in [3.8, 4) is 0 Å². The highest BCUT2D eigenvalue weighted by molar-refractivity contribution is 5.90. The van der Waals surface area contributed by atoms with Gasteiger partial charge in [0.1, 0.15) is 12.3 Å². The lowest BCUT2D eigenvalue weighted by Crippen LogP contribution is -2.34. The lowest BCUT2D eigenvalue weighted by molar-refractivity contribution is -0.146. The highest BCUT2D eigenvalue weighted by Gasteiger charge is 2.20. The Hall–Kier alpha value is -2.05. The van der Waals surface area contributed by atoms with Gasteiger partial charge in [0.25, 0.3) is 0 Å². The van der Waals surface area contributed by atoms with E-state index in [-0.39, 0.29) is 18.1 Å². The number of urea groups is 1. The first-order valence-corrected chi connectivity index (χ1v) is 6.40. The van der Waals surface area contributed by atoms with Crippen molar-refractivity contribution in [2.75, 3.05) is 11.9 Å². The van der Waals surface area contributed by atoms with Gasteiger partial charge in [0, 0.05) is 11.5 Å². The van der Waals surface area contributed by atoms with Gasteiger partial charge in [-0.05, 0) is 13.8 Å². The van der Waals surface area contributed by atoms with E-state index in [0.717, 1.165) is 0 Å². The SMILES string of the molecule is CC(C)OC(=O)CNC(=O)Nc1cc(C(C)(C)C)on1. The zero-order valence-electron chi connectivity index (χ0n) is 12.4. The van der Waals surface area contributed by atoms with Crippen molar-refractivity contribution < 1.29 is 18.8 Å². The van der Waals surface area contributed by atoms with E-state index >= 15 is 0 Å². The van der Waals surface area contributed by atoms with Crippen LogP contribution in [0, 0.1) is 0 Å². The number of nitrogens with one attached hydrogen (secondary N) is 2. The van der Waals surface area contributed by atoms with Gasteiger partial charge in [-0.15, -0.1) is 0 Å². The van der Waals surface area contributed by atoms with Gasteiger partial charge in [0.05, 0.1) is 6.10 Å². The zero-order chi connectivity index (χ0) is 15.3. The summed E-state index contributed by atoms with van der Waals surface area (Å²) in [4.78, 5) is 22.8. The molecule has 0 aromatic carbocycles. The molecule has 1 rings (SSSR count). The van der Waals surface area contributed by atoms with E-state index in [1.54, 1.807) is 19.9 Å². The monoisotopic (exact) mass is 283 g/mol. The molecule has 1 aromatic heterocycles. The molecule has 0 aliphatic heterocycles. The average Bonchev–Trinajstić information content (AvgIpc) is 2.73. The second kappa shape index (κ2) is 6.40. The van der Waals surface area contributed by atoms with Crippen molar-refractivity contribution >= 4 is 17.8 Å². The Morgan fingerprint density at radius 1 is 1.40 bits per heavy atom. The summed E-state index contributed by atoms with van der Waals surface area (Å²) in [7, 11) is 0. The van der Waals surface area contributed by atoms with Crippen LogP contribution in [-0.4, -0.2) is 29.8 Å². The second-order valence-corrected chi connectivity index (χ2v) is 5.67. The summed E-state index contributed by atoms with van der Waals surface area (Å²) in [5.74, 6) is 0.461. The number of hydrogen-bond donors (Lipinski definition) is 2. The minimum atomic E-state index is -0.542. The summed E-state index contributed by atoms with van der Waals surface area (Å²) >= 11 is 0. The van der Waals surface area contributed by atoms with Crippen LogP contribution in [0.4, 0.5) is 10.6 Å². The molecule has 0 bridgehead atoms. The number of carbonyl (C=O) groups is 2. The minimum absolute atomic E-state index is 0.190. The number of rotatable bonds is 4. The van der Waals surface area contributed by atoms with Crippen LogP contribution in [0.3, 0.4) is 0 Å². The lowest BCUT2D eigenvalue weighted by Gasteiger charge is -2.12. The fourth-order valence-electron chi connectivity index (χ4n) is 1.31. The van der Waals surface area contributed by atoms with Crippen molar-refractivity contribution in [2.45, 2.75) is 46.1 Å². The van der Waals surface area contributed by atoms with Crippen molar-refractivity contribution in [3.05, 3.63) is 11.8 Å². The van der Waals surface area contributed by atoms with Gasteiger partial charge < -0.3 is 14.6 Å². The van der Waals surface area contributed by atoms with Crippen molar-refractivity contribution in [3.63, 3.8) is 0 Å². The highest BCUT2D eigenvalue weighted by Crippen LogP contribution is 2.24. The molecule has 0 saturated heterocycles. The lowest BCUT2D eigenvalue weighted by atomic mass is 9.93. The third-order valence-corrected chi connectivity index (χ3v) is 2.25. The van der Waals surface area contributed by atoms with E-state index in [1.165, 1.54) is 0 Å². The Kier molecular flexibility index (Phi) is 5.12. The molecule has 0 spiro atoms. The summed E-state index contributed by atoms with van der Waals surface area (Å²) < 4.78 is 10.0. The number of anilines is 1. The van der Waals surface area contributed by atoms with Crippen LogP contribution in [0.1, 0.15) is 40.4 Å². The fraction of sp³-hybridized carbons (Fsp3) is 0.615. The highest BCUT2D eigenvalue weighted by atomic mass is 16.5. The molecular weight excluding hydrogens is 262 g/mol. The summed E-state index contributed by atoms with van der Waals surface area (Å²) in [5, 5.41) is 8.59. The van der Waals surface area contributed by atoms with Crippen LogP contribution in [0.5, 0.6) is 0 Å². The quantitative estimate of drug-likeness (QED) is 0.825. The molecular formula is C13H21N3O4. The van der Waals surface area contributed by atoms with Crippen molar-refractivity contribution in [1.82, 2.24) is 10.5 Å². The molecule has 2 amide bonds. The van der Waals surface area contributed by atoms with Gasteiger partial charge >= 0.3 is 12.0 Å². The van der Waals surface area contributed by atoms with E-state index < -0.39 is 12.0 Å². The molecule has 0 unspecified atom stereocenters. The number of aromatic nitrogens is 1. The van der Waals surface area contributed by atoms with Crippen LogP contribution < -0.4 is 10.6 Å². The van der Waals surface area contributed by atoms with Crippen molar-refractivity contribution in [2.24, 2.45) is 0 Å². The Bertz CT molecular complexity index is 474. The molecule has 20 heavy (non-hydrogen) atoms. The summed E-state index contributed by atoms with van der Waals surface area (Å²) in [6.45, 7) is 9.19. The van der Waals surface area contributed by atoms with Gasteiger partial charge in [0.2, 0.25) is 0 Å². The number of esters is 1. The molecule has 0 aliphatic rings. The molecule has 0 atom stereocenters. The molecule has 2 N–H and O–H groups in total. The van der Waals surface area contributed by atoms with Crippen LogP contribution in [0.15, 0.2) is 10.6 Å². The van der Waals surface area contributed by atoms with E-state index in [1.807, 2.05) is 20.8 Å². The summed E-state index contributed by atoms with van der Waals surface area (Å²) in [6, 6.07) is 1.10. The van der Waals surface area contributed by atoms with Crippen LogP contribution in [0.2, 0.25) is 0 Å². The van der Waals surface area contributed by atoms with Gasteiger partial charge in [-0.3, -0.25) is 10.1 Å². The Morgan fingerprint density at radius 2 is 2.05 bits per heavy atom. The first kappa shape index (κ1) is 16.0. The summed E-state index contributed by atoms with van der Waals surface area (Å²) in [5.41, 5.74) is -0.190. The van der Waals surface area contributed by atoms with Crippen LogP contribution in [-0.2, 0) is 14.9 Å². The number of carbonyl (C=O) groups excluding carboxylic acids is 2. The molecule has 7 heteroatoms. The Morgan fingerprint density at radius 3 is 2.55 bits per heavy atom. The first-order chi connectivity index (χ1) is 9.18. The third-order valence-electron chi connectivity index (χ3n) is 2.25. The second-order valence-electron chi connectivity index (χ2n) is 5.67.